The van der Waals surface area contributed by atoms with E-state index in [0.29, 0.717) is 6.42 Å². The maximum Gasteiger partial charge on any atom is 0.472 e. The standard InChI is InChI=1S/C50H97N2O6P/c1-3-5-7-9-11-13-15-17-19-21-23-24-26-27-29-31-33-35-37-39-41-43-49(53)48(47-58-59(55,56)57-46-45-51)52-50(54)44-42-40-38-36-34-32-30-28-25-22-20-18-16-14-12-10-8-6-4-2/h18,20,33,35,41,43,48-49,53H,3-17,19,21-32,34,36-40,42,44-47,51H2,1-2H3,(H,52,54)(H,55,56)/b20-18-,35-33+,43-41+. The summed E-state index contributed by atoms with van der Waals surface area (Å²) in [6.45, 7) is 4.14. The van der Waals surface area contributed by atoms with E-state index in [9.17, 15) is 19.4 Å². The van der Waals surface area contributed by atoms with Crippen molar-refractivity contribution in [2.45, 2.75) is 257 Å². The number of carbonyl (C=O) groups excluding carboxylic acids is 1. The highest BCUT2D eigenvalue weighted by Crippen LogP contribution is 2.43. The number of aliphatic hydroxyl groups excluding tert-OH is 1. The van der Waals surface area contributed by atoms with E-state index in [-0.39, 0.29) is 25.7 Å². The highest BCUT2D eigenvalue weighted by atomic mass is 31.2. The lowest BCUT2D eigenvalue weighted by atomic mass is 10.0. The Kier molecular flexibility index (Phi) is 45.2. The summed E-state index contributed by atoms with van der Waals surface area (Å²) < 4.78 is 22.2. The van der Waals surface area contributed by atoms with Gasteiger partial charge >= 0.3 is 7.82 Å². The lowest BCUT2D eigenvalue weighted by Crippen LogP contribution is -2.45. The molecule has 0 spiro atoms. The first-order valence-electron chi connectivity index (χ1n) is 25.1. The van der Waals surface area contributed by atoms with Gasteiger partial charge in [-0.15, -0.1) is 0 Å². The summed E-state index contributed by atoms with van der Waals surface area (Å²) in [6, 6.07) is -0.878. The molecule has 0 radical (unpaired) electrons. The average molecular weight is 853 g/mol. The Bertz CT molecular complexity index is 1020. The van der Waals surface area contributed by atoms with Gasteiger partial charge in [-0.3, -0.25) is 13.8 Å². The first kappa shape index (κ1) is 57.7. The van der Waals surface area contributed by atoms with Crippen LogP contribution in [0.4, 0.5) is 0 Å². The number of rotatable bonds is 47. The number of nitrogens with one attached hydrogen (secondary N) is 1. The molecule has 0 saturated carbocycles. The normalized spacial score (nSPS) is 14.2. The molecular weight excluding hydrogens is 756 g/mol. The number of unbranched alkanes of at least 4 members (excludes halogenated alkanes) is 31. The van der Waals surface area contributed by atoms with Crippen molar-refractivity contribution in [3.8, 4) is 0 Å². The highest BCUT2D eigenvalue weighted by Gasteiger charge is 2.26. The quantitative estimate of drug-likeness (QED) is 0.0272. The Balaban J connectivity index is 4.16. The first-order chi connectivity index (χ1) is 28.9. The predicted octanol–water partition coefficient (Wildman–Crippen LogP) is 14.7. The third-order valence-corrected chi connectivity index (χ3v) is 12.2. The van der Waals surface area contributed by atoms with E-state index in [2.05, 4.69) is 43.5 Å². The van der Waals surface area contributed by atoms with Crippen molar-refractivity contribution < 1.29 is 28.4 Å². The van der Waals surface area contributed by atoms with Gasteiger partial charge in [-0.25, -0.2) is 4.57 Å². The van der Waals surface area contributed by atoms with Crippen LogP contribution < -0.4 is 11.1 Å². The molecule has 9 heteroatoms. The van der Waals surface area contributed by atoms with Gasteiger partial charge in [-0.2, -0.15) is 0 Å². The monoisotopic (exact) mass is 853 g/mol. The molecule has 3 atom stereocenters. The molecule has 0 aromatic rings. The summed E-state index contributed by atoms with van der Waals surface area (Å²) in [6.07, 6.45) is 56.4. The molecule has 0 aliphatic carbocycles. The van der Waals surface area contributed by atoms with Gasteiger partial charge < -0.3 is 21.1 Å². The Morgan fingerprint density at radius 2 is 0.898 bits per heavy atom. The minimum atomic E-state index is -4.35. The van der Waals surface area contributed by atoms with Crippen molar-refractivity contribution in [2.75, 3.05) is 19.8 Å². The second-order valence-electron chi connectivity index (χ2n) is 17.0. The van der Waals surface area contributed by atoms with Gasteiger partial charge in [0.25, 0.3) is 0 Å². The van der Waals surface area contributed by atoms with Crippen molar-refractivity contribution >= 4 is 13.7 Å². The summed E-state index contributed by atoms with van der Waals surface area (Å²) in [7, 11) is -4.35. The molecule has 0 saturated heterocycles. The second kappa shape index (κ2) is 46.2. The highest BCUT2D eigenvalue weighted by molar-refractivity contribution is 7.47. The van der Waals surface area contributed by atoms with Gasteiger partial charge in [0.15, 0.2) is 0 Å². The molecule has 348 valence electrons. The number of hydrogen-bond acceptors (Lipinski definition) is 6. The van der Waals surface area contributed by atoms with Crippen LogP contribution in [0.25, 0.3) is 0 Å². The second-order valence-corrected chi connectivity index (χ2v) is 18.5. The number of carbonyl (C=O) groups is 1. The average Bonchev–Trinajstić information content (AvgIpc) is 3.22. The molecule has 0 aromatic heterocycles. The summed E-state index contributed by atoms with van der Waals surface area (Å²) in [5.74, 6) is -0.204. The fourth-order valence-electron chi connectivity index (χ4n) is 7.38. The van der Waals surface area contributed by atoms with Crippen molar-refractivity contribution in [2.24, 2.45) is 5.73 Å². The minimum absolute atomic E-state index is 0.0740. The Hall–Kier alpha value is -1.28. The van der Waals surface area contributed by atoms with Crippen molar-refractivity contribution in [1.82, 2.24) is 5.32 Å². The van der Waals surface area contributed by atoms with E-state index in [4.69, 9.17) is 14.8 Å². The molecule has 0 aliphatic rings. The zero-order chi connectivity index (χ0) is 43.2. The number of phosphoric ester groups is 1. The topological polar surface area (TPSA) is 131 Å². The molecule has 0 heterocycles. The fraction of sp³-hybridized carbons (Fsp3) is 0.860. The molecular formula is C50H97N2O6P. The van der Waals surface area contributed by atoms with E-state index in [0.717, 1.165) is 38.5 Å². The summed E-state index contributed by atoms with van der Waals surface area (Å²) >= 11 is 0. The van der Waals surface area contributed by atoms with E-state index in [1.165, 1.54) is 186 Å². The Morgan fingerprint density at radius 3 is 1.31 bits per heavy atom. The molecule has 1 amide bonds. The van der Waals surface area contributed by atoms with Crippen molar-refractivity contribution in [3.05, 3.63) is 36.5 Å². The van der Waals surface area contributed by atoms with Gasteiger partial charge in [0.1, 0.15) is 0 Å². The van der Waals surface area contributed by atoms with Crippen molar-refractivity contribution in [1.29, 1.82) is 0 Å². The molecule has 5 N–H and O–H groups in total. The predicted molar refractivity (Wildman–Crippen MR) is 254 cm³/mol. The van der Waals surface area contributed by atoms with Crippen LogP contribution in [-0.4, -0.2) is 47.8 Å². The molecule has 0 rings (SSSR count). The number of allylic oxidation sites excluding steroid dienone is 5. The molecule has 0 bridgehead atoms. The Morgan fingerprint density at radius 1 is 0.542 bits per heavy atom. The van der Waals surface area contributed by atoms with Crippen LogP contribution in [-0.2, 0) is 18.4 Å². The van der Waals surface area contributed by atoms with E-state index in [1.54, 1.807) is 6.08 Å². The number of aliphatic hydroxyl groups is 1. The van der Waals surface area contributed by atoms with E-state index >= 15 is 0 Å². The van der Waals surface area contributed by atoms with Crippen LogP contribution in [0, 0.1) is 0 Å². The third kappa shape index (κ3) is 44.6. The number of phosphoric acid groups is 1. The van der Waals surface area contributed by atoms with Crippen LogP contribution in [0.1, 0.15) is 245 Å². The smallest absolute Gasteiger partial charge is 0.387 e. The zero-order valence-corrected chi connectivity index (χ0v) is 39.6. The molecule has 8 nitrogen and oxygen atoms in total. The summed E-state index contributed by atoms with van der Waals surface area (Å²) in [4.78, 5) is 22.8. The van der Waals surface area contributed by atoms with Crippen LogP contribution >= 0.6 is 7.82 Å². The third-order valence-electron chi connectivity index (χ3n) is 11.2. The maximum atomic E-state index is 12.8. The van der Waals surface area contributed by atoms with Gasteiger partial charge in [0.05, 0.1) is 25.4 Å². The molecule has 59 heavy (non-hydrogen) atoms. The molecule has 0 fully saturated rings. The van der Waals surface area contributed by atoms with E-state index < -0.39 is 20.0 Å². The molecule has 0 aliphatic heterocycles. The summed E-state index contributed by atoms with van der Waals surface area (Å²) in [5, 5.41) is 13.7. The van der Waals surface area contributed by atoms with Crippen LogP contribution in [0.15, 0.2) is 36.5 Å². The molecule has 0 aromatic carbocycles. The minimum Gasteiger partial charge on any atom is -0.387 e. The van der Waals surface area contributed by atoms with Gasteiger partial charge in [-0.05, 0) is 57.8 Å². The van der Waals surface area contributed by atoms with Gasteiger partial charge in [-0.1, -0.05) is 217 Å². The first-order valence-corrected chi connectivity index (χ1v) is 26.6. The van der Waals surface area contributed by atoms with Crippen LogP contribution in [0.2, 0.25) is 0 Å². The largest absolute Gasteiger partial charge is 0.472 e. The van der Waals surface area contributed by atoms with Gasteiger partial charge in [0, 0.05) is 13.0 Å². The lowest BCUT2D eigenvalue weighted by Gasteiger charge is -2.23. The van der Waals surface area contributed by atoms with Crippen LogP contribution in [0.3, 0.4) is 0 Å². The number of nitrogens with two attached hydrogens (primary N) is 1. The number of amides is 1. The maximum absolute atomic E-state index is 12.8. The summed E-state index contributed by atoms with van der Waals surface area (Å²) in [5.41, 5.74) is 5.39. The Labute approximate surface area is 365 Å². The van der Waals surface area contributed by atoms with E-state index in [1.807, 2.05) is 6.08 Å². The SMILES string of the molecule is CCCCCCCC/C=C\CCCCCCCCCCCC(=O)NC(COP(=O)(O)OCCN)C(O)/C=C/CC/C=C/CCCCCCCCCCCCCCCCC. The molecule has 3 unspecified atom stereocenters. The van der Waals surface area contributed by atoms with Gasteiger partial charge in [0.2, 0.25) is 5.91 Å². The lowest BCUT2D eigenvalue weighted by molar-refractivity contribution is -0.123. The van der Waals surface area contributed by atoms with Crippen molar-refractivity contribution in [3.63, 3.8) is 0 Å². The van der Waals surface area contributed by atoms with Crippen LogP contribution in [0.5, 0.6) is 0 Å². The fourth-order valence-corrected chi connectivity index (χ4v) is 8.14. The zero-order valence-electron chi connectivity index (χ0n) is 38.7. The number of hydrogen-bond donors (Lipinski definition) is 4.